The summed E-state index contributed by atoms with van der Waals surface area (Å²) in [6.45, 7) is 7.52. The highest BCUT2D eigenvalue weighted by molar-refractivity contribution is 7.18. The smallest absolute Gasteiger partial charge is 0.259 e. The first-order chi connectivity index (χ1) is 12.2. The van der Waals surface area contributed by atoms with Crippen molar-refractivity contribution in [2.75, 3.05) is 0 Å². The number of nitrogens with zero attached hydrogens (tertiary/aromatic N) is 3. The fraction of sp³-hybridized carbons (Fsp3) is 0.500. The van der Waals surface area contributed by atoms with Crippen LogP contribution < -0.4 is 9.51 Å². The lowest BCUT2D eigenvalue weighted by molar-refractivity contribution is -0.516. The molecule has 1 amide bonds. The number of carboxylic acid groups (broad SMARTS) is 1. The van der Waals surface area contributed by atoms with Gasteiger partial charge >= 0.3 is 0 Å². The Balaban J connectivity index is 1.89. The first kappa shape index (κ1) is 17.2. The molecule has 1 fully saturated rings. The molecular formula is C18H21N3O4S. The maximum Gasteiger partial charge on any atom is 0.259 e. The van der Waals surface area contributed by atoms with Crippen molar-refractivity contribution in [1.82, 2.24) is 9.47 Å². The zero-order chi connectivity index (χ0) is 19.1. The van der Waals surface area contributed by atoms with Gasteiger partial charge in [0.1, 0.15) is 6.20 Å². The number of imidazole rings is 1. The largest absolute Gasteiger partial charge is 0.543 e. The van der Waals surface area contributed by atoms with Crippen LogP contribution in [-0.2, 0) is 16.6 Å². The van der Waals surface area contributed by atoms with Crippen LogP contribution in [0, 0.1) is 25.7 Å². The number of aromatic nitrogens is 2. The molecule has 7 nitrogen and oxygen atoms in total. The third-order valence-electron chi connectivity index (χ3n) is 5.95. The number of aliphatic hydroxyl groups excluding tert-OH is 1. The van der Waals surface area contributed by atoms with Crippen LogP contribution >= 0.6 is 11.3 Å². The molecule has 2 aliphatic heterocycles. The Morgan fingerprint density at radius 3 is 2.62 bits per heavy atom. The number of aliphatic carboxylic acids is 1. The molecule has 8 heteroatoms. The lowest BCUT2D eigenvalue weighted by atomic mass is 9.77. The standard InChI is InChI=1S/C18H21N3O4S/c1-7-12(11-6-20-10(4)19(5)8(2)17(20)26-11)15(18(24)25)21-14(7)13(9(3)22)16(21)23/h6-7,9,13-14,22H,1-5H3/t7-,9+,13+,14+/m0/s1. The molecule has 1 saturated heterocycles. The lowest BCUT2D eigenvalue weighted by Crippen LogP contribution is -2.64. The normalized spacial score (nSPS) is 26.5. The van der Waals surface area contributed by atoms with Gasteiger partial charge < -0.3 is 19.9 Å². The van der Waals surface area contributed by atoms with Gasteiger partial charge in [-0.2, -0.15) is 4.40 Å². The first-order valence-corrected chi connectivity index (χ1v) is 9.42. The summed E-state index contributed by atoms with van der Waals surface area (Å²) < 4.78 is 4.13. The van der Waals surface area contributed by atoms with E-state index in [9.17, 15) is 19.8 Å². The molecule has 2 aliphatic rings. The van der Waals surface area contributed by atoms with Crippen molar-refractivity contribution in [2.45, 2.75) is 39.8 Å². The van der Waals surface area contributed by atoms with Crippen LogP contribution in [0.15, 0.2) is 11.9 Å². The molecule has 0 aliphatic carbocycles. The molecule has 0 radical (unpaired) electrons. The fourth-order valence-corrected chi connectivity index (χ4v) is 5.73. The van der Waals surface area contributed by atoms with E-state index in [-0.39, 0.29) is 23.6 Å². The molecule has 4 heterocycles. The highest BCUT2D eigenvalue weighted by atomic mass is 32.1. The molecule has 4 rings (SSSR count). The van der Waals surface area contributed by atoms with Crippen LogP contribution in [0.25, 0.3) is 10.4 Å². The second-order valence-corrected chi connectivity index (χ2v) is 8.30. The van der Waals surface area contributed by atoms with Crippen LogP contribution in [0.5, 0.6) is 0 Å². The van der Waals surface area contributed by atoms with Crippen LogP contribution in [0.3, 0.4) is 0 Å². The van der Waals surface area contributed by atoms with Gasteiger partial charge in [0.2, 0.25) is 10.7 Å². The van der Waals surface area contributed by atoms with Crippen molar-refractivity contribution >= 4 is 33.6 Å². The van der Waals surface area contributed by atoms with Gasteiger partial charge in [-0.15, -0.1) is 0 Å². The fourth-order valence-electron chi connectivity index (χ4n) is 4.40. The van der Waals surface area contributed by atoms with Crippen LogP contribution in [0.4, 0.5) is 0 Å². The number of carbonyl (C=O) groups is 2. The van der Waals surface area contributed by atoms with E-state index < -0.39 is 18.0 Å². The highest BCUT2D eigenvalue weighted by Crippen LogP contribution is 2.51. The Hall–Kier alpha value is -2.19. The summed E-state index contributed by atoms with van der Waals surface area (Å²) in [5.41, 5.74) is 1.68. The van der Waals surface area contributed by atoms with E-state index in [2.05, 4.69) is 4.57 Å². The van der Waals surface area contributed by atoms with Gasteiger partial charge in [-0.1, -0.05) is 18.3 Å². The zero-order valence-corrected chi connectivity index (χ0v) is 16.1. The number of carbonyl (C=O) groups excluding carboxylic acids is 2. The average molecular weight is 375 g/mol. The molecule has 1 N–H and O–H groups in total. The van der Waals surface area contributed by atoms with Gasteiger partial charge in [-0.25, -0.2) is 4.57 Å². The predicted molar refractivity (Wildman–Crippen MR) is 92.8 cm³/mol. The Labute approximate surface area is 154 Å². The van der Waals surface area contributed by atoms with Gasteiger partial charge in [-0.05, 0) is 6.92 Å². The second-order valence-electron chi connectivity index (χ2n) is 7.27. The van der Waals surface area contributed by atoms with Crippen LogP contribution in [0.1, 0.15) is 30.2 Å². The second kappa shape index (κ2) is 5.40. The van der Waals surface area contributed by atoms with Gasteiger partial charge in [0.25, 0.3) is 5.82 Å². The number of thiazole rings is 1. The number of aryl methyl sites for hydroxylation is 2. The van der Waals surface area contributed by atoms with Crippen LogP contribution in [0.2, 0.25) is 0 Å². The maximum atomic E-state index is 12.4. The number of aliphatic hydroxyl groups is 1. The minimum Gasteiger partial charge on any atom is -0.543 e. The molecule has 0 saturated carbocycles. The molecule has 0 unspecified atom stereocenters. The molecule has 138 valence electrons. The number of amides is 1. The van der Waals surface area contributed by atoms with Crippen molar-refractivity contribution in [2.24, 2.45) is 18.9 Å². The molecule has 0 aromatic carbocycles. The maximum absolute atomic E-state index is 12.4. The molecular weight excluding hydrogens is 354 g/mol. The number of rotatable bonds is 3. The van der Waals surface area contributed by atoms with E-state index in [1.54, 1.807) is 6.92 Å². The molecule has 4 atom stereocenters. The van der Waals surface area contributed by atoms with E-state index in [1.807, 2.05) is 38.4 Å². The number of hydrogen-bond donors (Lipinski definition) is 1. The topological polar surface area (TPSA) is 89.7 Å². The summed E-state index contributed by atoms with van der Waals surface area (Å²) in [6.07, 6.45) is 1.13. The van der Waals surface area contributed by atoms with Crippen molar-refractivity contribution < 1.29 is 24.2 Å². The summed E-state index contributed by atoms with van der Waals surface area (Å²) >= 11 is 1.52. The molecule has 0 spiro atoms. The summed E-state index contributed by atoms with van der Waals surface area (Å²) in [6, 6.07) is -0.329. The van der Waals surface area contributed by atoms with E-state index in [1.165, 1.54) is 16.2 Å². The Bertz CT molecular complexity index is 962. The van der Waals surface area contributed by atoms with E-state index in [4.69, 9.17) is 0 Å². The summed E-state index contributed by atoms with van der Waals surface area (Å²) in [7, 11) is 1.99. The Morgan fingerprint density at radius 2 is 2.08 bits per heavy atom. The monoisotopic (exact) mass is 375 g/mol. The van der Waals surface area contributed by atoms with Gasteiger partial charge in [0.05, 0.1) is 41.7 Å². The predicted octanol–water partition coefficient (Wildman–Crippen LogP) is -0.239. The quantitative estimate of drug-likeness (QED) is 0.592. The van der Waals surface area contributed by atoms with E-state index in [0.717, 1.165) is 21.2 Å². The van der Waals surface area contributed by atoms with Crippen molar-refractivity contribution in [1.29, 1.82) is 0 Å². The van der Waals surface area contributed by atoms with Gasteiger partial charge in [-0.3, -0.25) is 4.79 Å². The Morgan fingerprint density at radius 1 is 1.42 bits per heavy atom. The molecule has 0 bridgehead atoms. The average Bonchev–Trinajstić information content (AvgIpc) is 3.15. The number of carboxylic acids is 1. The Kier molecular flexibility index (Phi) is 3.58. The zero-order valence-electron chi connectivity index (χ0n) is 15.3. The third-order valence-corrected chi connectivity index (χ3v) is 7.18. The van der Waals surface area contributed by atoms with E-state index in [0.29, 0.717) is 5.57 Å². The molecule has 2 aromatic rings. The third kappa shape index (κ3) is 1.94. The number of β-lactam (4-membered cyclic amide) rings is 1. The van der Waals surface area contributed by atoms with Crippen molar-refractivity contribution in [3.63, 3.8) is 0 Å². The SMILES string of the molecule is Cc1c2sc(C3=C(C(=O)[O-])N4C(=O)[C@H]([C@@H](C)O)[C@H]4[C@H]3C)c[n+]2c(C)n1C. The lowest BCUT2D eigenvalue weighted by Gasteiger charge is -2.47. The van der Waals surface area contributed by atoms with Crippen molar-refractivity contribution in [3.8, 4) is 0 Å². The number of hydrogen-bond acceptors (Lipinski definition) is 5. The first-order valence-electron chi connectivity index (χ1n) is 8.60. The minimum absolute atomic E-state index is 0.0476. The number of fused-ring (bicyclic) bond motifs is 2. The van der Waals surface area contributed by atoms with E-state index >= 15 is 0 Å². The summed E-state index contributed by atoms with van der Waals surface area (Å²) in [5.74, 6) is -1.39. The highest BCUT2D eigenvalue weighted by Gasteiger charge is 2.59. The van der Waals surface area contributed by atoms with Gasteiger partial charge in [0.15, 0.2) is 5.69 Å². The summed E-state index contributed by atoms with van der Waals surface area (Å²) in [5, 5.41) is 21.8. The van der Waals surface area contributed by atoms with Crippen LogP contribution in [-0.4, -0.2) is 38.6 Å². The molecule has 2 aromatic heterocycles. The minimum atomic E-state index is -1.34. The molecule has 26 heavy (non-hydrogen) atoms. The van der Waals surface area contributed by atoms with Gasteiger partial charge in [0, 0.05) is 25.3 Å². The summed E-state index contributed by atoms with van der Waals surface area (Å²) in [4.78, 5) is 27.5. The van der Waals surface area contributed by atoms with Crippen molar-refractivity contribution in [3.05, 3.63) is 28.3 Å².